The zero-order valence-electron chi connectivity index (χ0n) is 10.8. The molecule has 0 unspecified atom stereocenters. The first-order valence-corrected chi connectivity index (χ1v) is 6.29. The Kier molecular flexibility index (Phi) is 7.71. The van der Waals surface area contributed by atoms with E-state index in [1.54, 1.807) is 6.26 Å². The van der Waals surface area contributed by atoms with Crippen molar-refractivity contribution in [2.24, 2.45) is 0 Å². The van der Waals surface area contributed by atoms with Crippen molar-refractivity contribution in [2.75, 3.05) is 26.4 Å². The van der Waals surface area contributed by atoms with E-state index in [-0.39, 0.29) is 0 Å². The highest BCUT2D eigenvalue weighted by molar-refractivity contribution is 5.15. The lowest BCUT2D eigenvalue weighted by Crippen LogP contribution is -2.13. The van der Waals surface area contributed by atoms with E-state index in [4.69, 9.17) is 13.9 Å². The lowest BCUT2D eigenvalue weighted by molar-refractivity contribution is 0.0403. The minimum atomic E-state index is 0.590. The van der Waals surface area contributed by atoms with Crippen LogP contribution in [0.1, 0.15) is 31.6 Å². The van der Waals surface area contributed by atoms with E-state index >= 15 is 0 Å². The van der Waals surface area contributed by atoms with Crippen molar-refractivity contribution in [1.82, 2.24) is 5.32 Å². The normalized spacial score (nSPS) is 10.9. The second-order valence-electron chi connectivity index (χ2n) is 3.81. The molecule has 0 aliphatic heterocycles. The van der Waals surface area contributed by atoms with Crippen LogP contribution >= 0.6 is 0 Å². The van der Waals surface area contributed by atoms with E-state index in [2.05, 4.69) is 19.2 Å². The van der Waals surface area contributed by atoms with Gasteiger partial charge in [0.05, 0.1) is 32.6 Å². The van der Waals surface area contributed by atoms with Gasteiger partial charge in [0.2, 0.25) is 0 Å². The molecular weight excluding hydrogens is 218 g/mol. The maximum atomic E-state index is 5.53. The maximum absolute atomic E-state index is 5.53. The number of nitrogens with one attached hydrogen (secondary N) is 1. The van der Waals surface area contributed by atoms with E-state index in [9.17, 15) is 0 Å². The molecule has 1 aromatic rings. The molecule has 17 heavy (non-hydrogen) atoms. The summed E-state index contributed by atoms with van der Waals surface area (Å²) in [6.07, 6.45) is 2.76. The molecule has 4 nitrogen and oxygen atoms in total. The Balaban J connectivity index is 2.15. The van der Waals surface area contributed by atoms with E-state index in [1.165, 1.54) is 0 Å². The number of furan rings is 1. The molecule has 4 heteroatoms. The summed E-state index contributed by atoms with van der Waals surface area (Å²) in [6, 6.07) is 1.96. The molecule has 0 aliphatic rings. The van der Waals surface area contributed by atoms with Crippen LogP contribution in [0.2, 0.25) is 0 Å². The molecule has 0 amide bonds. The Morgan fingerprint density at radius 1 is 1.18 bits per heavy atom. The molecule has 0 radical (unpaired) electrons. The van der Waals surface area contributed by atoms with Crippen LogP contribution in [-0.2, 0) is 22.6 Å². The van der Waals surface area contributed by atoms with Gasteiger partial charge in [-0.2, -0.15) is 0 Å². The van der Waals surface area contributed by atoms with E-state index < -0.39 is 0 Å². The van der Waals surface area contributed by atoms with E-state index in [0.29, 0.717) is 19.8 Å². The average molecular weight is 241 g/mol. The zero-order valence-corrected chi connectivity index (χ0v) is 10.8. The molecular formula is C13H23NO3. The molecule has 0 saturated carbocycles. The standard InChI is InChI=1S/C13H23NO3/c1-3-6-15-8-9-16-11-12-5-7-17-13(12)10-14-4-2/h5,7,14H,3-4,6,8-11H2,1-2H3. The molecule has 0 saturated heterocycles. The molecule has 0 aliphatic carbocycles. The van der Waals surface area contributed by atoms with E-state index in [0.717, 1.165) is 37.4 Å². The van der Waals surface area contributed by atoms with Crippen molar-refractivity contribution in [2.45, 2.75) is 33.4 Å². The van der Waals surface area contributed by atoms with Crippen molar-refractivity contribution in [1.29, 1.82) is 0 Å². The van der Waals surface area contributed by atoms with Gasteiger partial charge in [-0.3, -0.25) is 0 Å². The van der Waals surface area contributed by atoms with Crippen LogP contribution in [0.15, 0.2) is 16.7 Å². The van der Waals surface area contributed by atoms with Gasteiger partial charge in [0.15, 0.2) is 0 Å². The summed E-state index contributed by atoms with van der Waals surface area (Å²) in [5.41, 5.74) is 1.11. The molecule has 1 heterocycles. The first-order valence-electron chi connectivity index (χ1n) is 6.29. The predicted octanol–water partition coefficient (Wildman–Crippen LogP) is 2.33. The number of ether oxygens (including phenoxy) is 2. The molecule has 1 N–H and O–H groups in total. The second kappa shape index (κ2) is 9.22. The van der Waals surface area contributed by atoms with Gasteiger partial charge in [0.1, 0.15) is 5.76 Å². The Hall–Kier alpha value is -0.840. The minimum Gasteiger partial charge on any atom is -0.468 e. The quantitative estimate of drug-likeness (QED) is 0.638. The predicted molar refractivity (Wildman–Crippen MR) is 66.9 cm³/mol. The molecule has 98 valence electrons. The average Bonchev–Trinajstić information content (AvgIpc) is 2.78. The van der Waals surface area contributed by atoms with Gasteiger partial charge in [-0.25, -0.2) is 0 Å². The van der Waals surface area contributed by atoms with Gasteiger partial charge in [-0.15, -0.1) is 0 Å². The highest BCUT2D eigenvalue weighted by Gasteiger charge is 2.05. The van der Waals surface area contributed by atoms with Gasteiger partial charge >= 0.3 is 0 Å². The monoisotopic (exact) mass is 241 g/mol. The summed E-state index contributed by atoms with van der Waals surface area (Å²) >= 11 is 0. The van der Waals surface area contributed by atoms with Crippen LogP contribution in [0, 0.1) is 0 Å². The van der Waals surface area contributed by atoms with Crippen LogP contribution in [0.3, 0.4) is 0 Å². The van der Waals surface area contributed by atoms with E-state index in [1.807, 2.05) is 6.07 Å². The summed E-state index contributed by atoms with van der Waals surface area (Å²) in [4.78, 5) is 0. The van der Waals surface area contributed by atoms with Gasteiger partial charge < -0.3 is 19.2 Å². The van der Waals surface area contributed by atoms with Crippen LogP contribution in [-0.4, -0.2) is 26.4 Å². The smallest absolute Gasteiger partial charge is 0.123 e. The lowest BCUT2D eigenvalue weighted by atomic mass is 10.2. The van der Waals surface area contributed by atoms with Crippen molar-refractivity contribution in [3.05, 3.63) is 23.7 Å². The fourth-order valence-electron chi connectivity index (χ4n) is 1.44. The SMILES string of the molecule is CCCOCCOCc1ccoc1CNCC. The molecule has 1 rings (SSSR count). The van der Waals surface area contributed by atoms with Gasteiger partial charge in [0.25, 0.3) is 0 Å². The topological polar surface area (TPSA) is 43.6 Å². The molecule has 0 aromatic carbocycles. The maximum Gasteiger partial charge on any atom is 0.123 e. The summed E-state index contributed by atoms with van der Waals surface area (Å²) < 4.78 is 16.3. The largest absolute Gasteiger partial charge is 0.468 e. The highest BCUT2D eigenvalue weighted by Crippen LogP contribution is 2.11. The number of rotatable bonds is 10. The molecule has 0 bridgehead atoms. The van der Waals surface area contributed by atoms with Gasteiger partial charge in [-0.1, -0.05) is 13.8 Å². The molecule has 0 fully saturated rings. The van der Waals surface area contributed by atoms with Crippen LogP contribution in [0.25, 0.3) is 0 Å². The number of hydrogen-bond donors (Lipinski definition) is 1. The Morgan fingerprint density at radius 3 is 2.76 bits per heavy atom. The Morgan fingerprint density at radius 2 is 2.00 bits per heavy atom. The third-order valence-corrected chi connectivity index (χ3v) is 2.35. The number of hydrogen-bond acceptors (Lipinski definition) is 4. The molecule has 0 spiro atoms. The molecule has 0 atom stereocenters. The fourth-order valence-corrected chi connectivity index (χ4v) is 1.44. The zero-order chi connectivity index (χ0) is 12.3. The van der Waals surface area contributed by atoms with Gasteiger partial charge in [0, 0.05) is 12.2 Å². The van der Waals surface area contributed by atoms with Crippen molar-refractivity contribution >= 4 is 0 Å². The van der Waals surface area contributed by atoms with Gasteiger partial charge in [-0.05, 0) is 19.0 Å². The third-order valence-electron chi connectivity index (χ3n) is 2.35. The fraction of sp³-hybridized carbons (Fsp3) is 0.692. The van der Waals surface area contributed by atoms with Crippen LogP contribution in [0.5, 0.6) is 0 Å². The van der Waals surface area contributed by atoms with Crippen molar-refractivity contribution < 1.29 is 13.9 Å². The minimum absolute atomic E-state index is 0.590. The summed E-state index contributed by atoms with van der Waals surface area (Å²) in [6.45, 7) is 8.55. The Bertz CT molecular complexity index is 286. The second-order valence-corrected chi connectivity index (χ2v) is 3.81. The molecule has 1 aromatic heterocycles. The summed E-state index contributed by atoms with van der Waals surface area (Å²) in [5, 5.41) is 3.24. The van der Waals surface area contributed by atoms with Crippen molar-refractivity contribution in [3.8, 4) is 0 Å². The van der Waals surface area contributed by atoms with Crippen LogP contribution in [0.4, 0.5) is 0 Å². The van der Waals surface area contributed by atoms with Crippen molar-refractivity contribution in [3.63, 3.8) is 0 Å². The first-order chi connectivity index (χ1) is 8.38. The first kappa shape index (κ1) is 14.2. The summed E-state index contributed by atoms with van der Waals surface area (Å²) in [5.74, 6) is 0.960. The van der Waals surface area contributed by atoms with Crippen LogP contribution < -0.4 is 5.32 Å². The lowest BCUT2D eigenvalue weighted by Gasteiger charge is -2.05. The Labute approximate surface area is 103 Å². The third kappa shape index (κ3) is 5.86. The highest BCUT2D eigenvalue weighted by atomic mass is 16.5. The summed E-state index contributed by atoms with van der Waals surface area (Å²) in [7, 11) is 0.